The van der Waals surface area contributed by atoms with Crippen LogP contribution in [0.5, 0.6) is 0 Å². The fourth-order valence-electron chi connectivity index (χ4n) is 2.26. The Labute approximate surface area is 115 Å². The Kier molecular flexibility index (Phi) is 2.53. The maximum atomic E-state index is 12.2. The van der Waals surface area contributed by atoms with Gasteiger partial charge < -0.3 is 0 Å². The van der Waals surface area contributed by atoms with Gasteiger partial charge in [0.15, 0.2) is 0 Å². The number of carbonyl (C=O) groups is 4. The lowest BCUT2D eigenvalue weighted by molar-refractivity contribution is -0.125. The van der Waals surface area contributed by atoms with Crippen LogP contribution in [0.15, 0.2) is 22.7 Å². The van der Waals surface area contributed by atoms with Crippen LogP contribution in [0.1, 0.15) is 27.1 Å². The molecule has 1 fully saturated rings. The summed E-state index contributed by atoms with van der Waals surface area (Å²) >= 11 is 3.22. The smallest absolute Gasteiger partial charge is 0.262 e. The minimum Gasteiger partial charge on any atom is -0.295 e. The predicted molar refractivity (Wildman–Crippen MR) is 66.2 cm³/mol. The Bertz CT molecular complexity index is 655. The first kappa shape index (κ1) is 12.0. The Morgan fingerprint density at radius 1 is 1.11 bits per heavy atom. The predicted octanol–water partition coefficient (Wildman–Crippen LogP) is 0.460. The first-order chi connectivity index (χ1) is 8.99. The highest BCUT2D eigenvalue weighted by Crippen LogP contribution is 2.29. The van der Waals surface area contributed by atoms with Crippen molar-refractivity contribution in [2.24, 2.45) is 0 Å². The summed E-state index contributed by atoms with van der Waals surface area (Å²) in [5.74, 6) is -2.18. The molecule has 2 heterocycles. The SMILES string of the molecule is O=C1CC(N2C(=O)c3ccc(Br)cc3C2=O)C(=O)N1. The number of hydrogen-bond acceptors (Lipinski definition) is 4. The van der Waals surface area contributed by atoms with Crippen LogP contribution in [-0.4, -0.2) is 34.6 Å². The van der Waals surface area contributed by atoms with E-state index in [-0.39, 0.29) is 17.5 Å². The number of nitrogens with one attached hydrogen (secondary N) is 1. The van der Waals surface area contributed by atoms with Gasteiger partial charge in [-0.15, -0.1) is 0 Å². The van der Waals surface area contributed by atoms with Gasteiger partial charge in [0.2, 0.25) is 11.8 Å². The van der Waals surface area contributed by atoms with E-state index in [0.29, 0.717) is 4.47 Å². The van der Waals surface area contributed by atoms with Crippen molar-refractivity contribution < 1.29 is 19.2 Å². The van der Waals surface area contributed by atoms with Crippen LogP contribution >= 0.6 is 15.9 Å². The van der Waals surface area contributed by atoms with Crippen molar-refractivity contribution in [3.05, 3.63) is 33.8 Å². The van der Waals surface area contributed by atoms with Crippen LogP contribution in [0.2, 0.25) is 0 Å². The molecular weight excluding hydrogens is 316 g/mol. The third-order valence-corrected chi connectivity index (χ3v) is 3.63. The molecule has 1 aromatic rings. The molecule has 96 valence electrons. The number of amides is 4. The van der Waals surface area contributed by atoms with Gasteiger partial charge in [0.05, 0.1) is 17.5 Å². The van der Waals surface area contributed by atoms with Crippen LogP contribution in [0, 0.1) is 0 Å². The van der Waals surface area contributed by atoms with E-state index >= 15 is 0 Å². The maximum absolute atomic E-state index is 12.2. The lowest BCUT2D eigenvalue weighted by atomic mass is 10.1. The van der Waals surface area contributed by atoms with Gasteiger partial charge in [0, 0.05) is 4.47 Å². The van der Waals surface area contributed by atoms with E-state index in [1.54, 1.807) is 6.07 Å². The molecule has 1 atom stereocenters. The average Bonchev–Trinajstić information content (AvgIpc) is 2.78. The quantitative estimate of drug-likeness (QED) is 0.761. The number of benzene rings is 1. The molecule has 1 N–H and O–H groups in total. The summed E-state index contributed by atoms with van der Waals surface area (Å²) in [6.45, 7) is 0. The number of fused-ring (bicyclic) bond motifs is 1. The Balaban J connectivity index is 2.03. The largest absolute Gasteiger partial charge is 0.295 e. The minimum absolute atomic E-state index is 0.175. The summed E-state index contributed by atoms with van der Waals surface area (Å²) in [4.78, 5) is 48.0. The fourth-order valence-corrected chi connectivity index (χ4v) is 2.62. The van der Waals surface area contributed by atoms with E-state index in [2.05, 4.69) is 21.2 Å². The van der Waals surface area contributed by atoms with Gasteiger partial charge in [-0.1, -0.05) is 15.9 Å². The highest BCUT2D eigenvalue weighted by Gasteiger charge is 2.46. The Morgan fingerprint density at radius 2 is 1.79 bits per heavy atom. The van der Waals surface area contributed by atoms with E-state index in [4.69, 9.17) is 0 Å². The molecule has 0 saturated carbocycles. The van der Waals surface area contributed by atoms with Crippen molar-refractivity contribution in [1.29, 1.82) is 0 Å². The Morgan fingerprint density at radius 3 is 2.42 bits per heavy atom. The molecule has 0 bridgehead atoms. The number of hydrogen-bond donors (Lipinski definition) is 1. The molecule has 0 aliphatic carbocycles. The zero-order valence-corrected chi connectivity index (χ0v) is 11.1. The molecule has 0 radical (unpaired) electrons. The van der Waals surface area contributed by atoms with E-state index in [1.165, 1.54) is 12.1 Å². The summed E-state index contributed by atoms with van der Waals surface area (Å²) in [7, 11) is 0. The fraction of sp³-hybridized carbons (Fsp3) is 0.167. The van der Waals surface area contributed by atoms with Crippen molar-refractivity contribution in [3.63, 3.8) is 0 Å². The molecular formula is C12H7BrN2O4. The van der Waals surface area contributed by atoms with E-state index < -0.39 is 29.7 Å². The number of rotatable bonds is 1. The van der Waals surface area contributed by atoms with E-state index in [9.17, 15) is 19.2 Å². The standard InChI is InChI=1S/C12H7BrN2O4/c13-5-1-2-6-7(3-5)12(19)15(11(6)18)8-4-9(16)14-10(8)17/h1-3,8H,4H2,(H,14,16,17). The Hall–Kier alpha value is -2.02. The van der Waals surface area contributed by atoms with Gasteiger partial charge in [0.25, 0.3) is 11.8 Å². The number of nitrogens with zero attached hydrogens (tertiary/aromatic N) is 1. The monoisotopic (exact) mass is 322 g/mol. The van der Waals surface area contributed by atoms with Crippen molar-refractivity contribution in [3.8, 4) is 0 Å². The van der Waals surface area contributed by atoms with Crippen molar-refractivity contribution in [2.75, 3.05) is 0 Å². The summed E-state index contributed by atoms with van der Waals surface area (Å²) in [6, 6.07) is 3.66. The number of imide groups is 2. The molecule has 3 rings (SSSR count). The zero-order valence-electron chi connectivity index (χ0n) is 9.47. The summed E-state index contributed by atoms with van der Waals surface area (Å²) < 4.78 is 0.668. The van der Waals surface area contributed by atoms with Crippen molar-refractivity contribution in [1.82, 2.24) is 10.2 Å². The highest BCUT2D eigenvalue weighted by atomic mass is 79.9. The average molecular weight is 323 g/mol. The maximum Gasteiger partial charge on any atom is 0.262 e. The zero-order chi connectivity index (χ0) is 13.7. The number of halogens is 1. The molecule has 2 aliphatic heterocycles. The second-order valence-electron chi connectivity index (χ2n) is 4.30. The first-order valence-corrected chi connectivity index (χ1v) is 6.29. The molecule has 0 aromatic heterocycles. The third-order valence-electron chi connectivity index (χ3n) is 3.14. The van der Waals surface area contributed by atoms with Gasteiger partial charge >= 0.3 is 0 Å². The van der Waals surface area contributed by atoms with Crippen LogP contribution in [0.25, 0.3) is 0 Å². The topological polar surface area (TPSA) is 83.6 Å². The molecule has 1 saturated heterocycles. The molecule has 19 heavy (non-hydrogen) atoms. The lowest BCUT2D eigenvalue weighted by Crippen LogP contribution is -2.44. The molecule has 6 nitrogen and oxygen atoms in total. The highest BCUT2D eigenvalue weighted by molar-refractivity contribution is 9.10. The van der Waals surface area contributed by atoms with Crippen molar-refractivity contribution >= 4 is 39.6 Å². The third kappa shape index (κ3) is 1.69. The van der Waals surface area contributed by atoms with Crippen molar-refractivity contribution in [2.45, 2.75) is 12.5 Å². The molecule has 7 heteroatoms. The molecule has 4 amide bonds. The number of carbonyl (C=O) groups excluding carboxylic acids is 4. The molecule has 1 aromatic carbocycles. The molecule has 2 aliphatic rings. The first-order valence-electron chi connectivity index (χ1n) is 5.50. The minimum atomic E-state index is -1.04. The van der Waals surface area contributed by atoms with E-state index in [1.807, 2.05) is 0 Å². The second-order valence-corrected chi connectivity index (χ2v) is 5.22. The van der Waals surface area contributed by atoms with Gasteiger partial charge in [-0.3, -0.25) is 29.4 Å². The van der Waals surface area contributed by atoms with Crippen LogP contribution in [0.3, 0.4) is 0 Å². The van der Waals surface area contributed by atoms with Gasteiger partial charge in [-0.05, 0) is 18.2 Å². The van der Waals surface area contributed by atoms with Crippen LogP contribution < -0.4 is 5.32 Å². The lowest BCUT2D eigenvalue weighted by Gasteiger charge is -2.18. The molecule has 0 spiro atoms. The van der Waals surface area contributed by atoms with Gasteiger partial charge in [-0.25, -0.2) is 0 Å². The van der Waals surface area contributed by atoms with Gasteiger partial charge in [0.1, 0.15) is 6.04 Å². The van der Waals surface area contributed by atoms with Crippen LogP contribution in [0.4, 0.5) is 0 Å². The molecule has 1 unspecified atom stereocenters. The van der Waals surface area contributed by atoms with E-state index in [0.717, 1.165) is 4.90 Å². The summed E-state index contributed by atoms with van der Waals surface area (Å²) in [5, 5.41) is 2.09. The summed E-state index contributed by atoms with van der Waals surface area (Å²) in [5.41, 5.74) is 0.492. The van der Waals surface area contributed by atoms with Crippen LogP contribution in [-0.2, 0) is 9.59 Å². The normalized spacial score (nSPS) is 21.9. The van der Waals surface area contributed by atoms with Gasteiger partial charge in [-0.2, -0.15) is 0 Å². The summed E-state index contributed by atoms with van der Waals surface area (Å²) in [6.07, 6.45) is -0.175. The second kappa shape index (κ2) is 3.99.